The van der Waals surface area contributed by atoms with Gasteiger partial charge in [0.25, 0.3) is 0 Å². The maximum atomic E-state index is 12.1. The van der Waals surface area contributed by atoms with E-state index in [0.29, 0.717) is 18.4 Å². The Kier molecular flexibility index (Phi) is 3.01. The van der Waals surface area contributed by atoms with Crippen LogP contribution in [0.3, 0.4) is 0 Å². The van der Waals surface area contributed by atoms with Crippen molar-refractivity contribution < 1.29 is 9.53 Å². The zero-order chi connectivity index (χ0) is 10.9. The molecular formula is C12H21NO2. The van der Waals surface area contributed by atoms with Crippen LogP contribution in [-0.2, 0) is 9.53 Å². The lowest BCUT2D eigenvalue weighted by atomic mass is 9.76. The topological polar surface area (TPSA) is 38.3 Å². The molecule has 1 heterocycles. The first-order chi connectivity index (χ1) is 7.15. The molecule has 1 N–H and O–H groups in total. The maximum Gasteiger partial charge on any atom is 0.313 e. The van der Waals surface area contributed by atoms with Gasteiger partial charge in [-0.1, -0.05) is 13.8 Å². The van der Waals surface area contributed by atoms with Gasteiger partial charge in [-0.15, -0.1) is 0 Å². The first-order valence-corrected chi connectivity index (χ1v) is 6.03. The summed E-state index contributed by atoms with van der Waals surface area (Å²) in [6.07, 6.45) is 3.40. The minimum absolute atomic E-state index is 0.0226. The average molecular weight is 211 g/mol. The molecule has 2 rings (SSSR count). The number of esters is 1. The van der Waals surface area contributed by atoms with E-state index in [4.69, 9.17) is 4.74 Å². The van der Waals surface area contributed by atoms with E-state index in [1.165, 1.54) is 12.8 Å². The molecule has 1 aliphatic carbocycles. The van der Waals surface area contributed by atoms with E-state index in [0.717, 1.165) is 19.5 Å². The summed E-state index contributed by atoms with van der Waals surface area (Å²) in [5, 5.41) is 3.28. The first kappa shape index (κ1) is 10.9. The second-order valence-electron chi connectivity index (χ2n) is 5.28. The molecule has 1 aliphatic heterocycles. The lowest BCUT2D eigenvalue weighted by Crippen LogP contribution is -2.40. The SMILES string of the molecule is CC(C)C1(C(=O)OCC2CC2)CCNC1. The van der Waals surface area contributed by atoms with Crippen molar-refractivity contribution >= 4 is 5.97 Å². The van der Waals surface area contributed by atoms with Crippen molar-refractivity contribution in [3.05, 3.63) is 0 Å². The van der Waals surface area contributed by atoms with Crippen LogP contribution >= 0.6 is 0 Å². The Balaban J connectivity index is 1.93. The second-order valence-corrected chi connectivity index (χ2v) is 5.28. The molecular weight excluding hydrogens is 190 g/mol. The Bertz CT molecular complexity index is 240. The molecule has 15 heavy (non-hydrogen) atoms. The lowest BCUT2D eigenvalue weighted by Gasteiger charge is -2.29. The number of carbonyl (C=O) groups excluding carboxylic acids is 1. The minimum atomic E-state index is -0.255. The lowest BCUT2D eigenvalue weighted by molar-refractivity contribution is -0.158. The van der Waals surface area contributed by atoms with Crippen LogP contribution in [0.2, 0.25) is 0 Å². The smallest absolute Gasteiger partial charge is 0.313 e. The normalized spacial score (nSPS) is 30.9. The van der Waals surface area contributed by atoms with E-state index in [1.807, 2.05) is 0 Å². The van der Waals surface area contributed by atoms with Crippen molar-refractivity contribution in [3.8, 4) is 0 Å². The first-order valence-electron chi connectivity index (χ1n) is 6.03. The van der Waals surface area contributed by atoms with Gasteiger partial charge in [-0.3, -0.25) is 4.79 Å². The van der Waals surface area contributed by atoms with Gasteiger partial charge >= 0.3 is 5.97 Å². The molecule has 86 valence electrons. The fourth-order valence-electron chi connectivity index (χ4n) is 2.24. The van der Waals surface area contributed by atoms with Crippen LogP contribution in [-0.4, -0.2) is 25.7 Å². The Morgan fingerprint density at radius 2 is 2.27 bits per heavy atom. The van der Waals surface area contributed by atoms with Crippen LogP contribution in [0.4, 0.5) is 0 Å². The van der Waals surface area contributed by atoms with E-state index < -0.39 is 0 Å². The highest BCUT2D eigenvalue weighted by Crippen LogP contribution is 2.36. The molecule has 0 spiro atoms. The summed E-state index contributed by atoms with van der Waals surface area (Å²) in [5.41, 5.74) is -0.255. The van der Waals surface area contributed by atoms with Gasteiger partial charge in [-0.25, -0.2) is 0 Å². The molecule has 1 atom stereocenters. The molecule has 2 fully saturated rings. The standard InChI is InChI=1S/C12H21NO2/c1-9(2)12(5-6-13-8-12)11(14)15-7-10-3-4-10/h9-10,13H,3-8H2,1-2H3. The zero-order valence-corrected chi connectivity index (χ0v) is 9.71. The summed E-state index contributed by atoms with van der Waals surface area (Å²) >= 11 is 0. The van der Waals surface area contributed by atoms with Gasteiger partial charge in [-0.2, -0.15) is 0 Å². The Labute approximate surface area is 91.6 Å². The number of carbonyl (C=O) groups is 1. The van der Waals surface area contributed by atoms with Gasteiger partial charge in [-0.05, 0) is 37.6 Å². The molecule has 1 saturated carbocycles. The largest absolute Gasteiger partial charge is 0.465 e. The summed E-state index contributed by atoms with van der Waals surface area (Å²) < 4.78 is 5.44. The fourth-order valence-corrected chi connectivity index (χ4v) is 2.24. The van der Waals surface area contributed by atoms with Crippen LogP contribution in [0.15, 0.2) is 0 Å². The Morgan fingerprint density at radius 3 is 2.73 bits per heavy atom. The molecule has 0 aromatic rings. The maximum absolute atomic E-state index is 12.1. The third kappa shape index (κ3) is 2.17. The van der Waals surface area contributed by atoms with Crippen molar-refractivity contribution in [1.29, 1.82) is 0 Å². The van der Waals surface area contributed by atoms with Crippen molar-refractivity contribution in [1.82, 2.24) is 5.32 Å². The van der Waals surface area contributed by atoms with Crippen LogP contribution < -0.4 is 5.32 Å². The Hall–Kier alpha value is -0.570. The van der Waals surface area contributed by atoms with Crippen LogP contribution in [0.5, 0.6) is 0 Å². The average Bonchev–Trinajstić information content (AvgIpc) is 2.89. The van der Waals surface area contributed by atoms with Crippen molar-refractivity contribution in [2.45, 2.75) is 33.1 Å². The summed E-state index contributed by atoms with van der Waals surface area (Å²) in [7, 11) is 0. The molecule has 0 aromatic carbocycles. The van der Waals surface area contributed by atoms with E-state index in [2.05, 4.69) is 19.2 Å². The van der Waals surface area contributed by atoms with E-state index in [9.17, 15) is 4.79 Å². The van der Waals surface area contributed by atoms with Crippen LogP contribution in [0.1, 0.15) is 33.1 Å². The number of hydrogen-bond donors (Lipinski definition) is 1. The zero-order valence-electron chi connectivity index (χ0n) is 9.71. The molecule has 0 radical (unpaired) electrons. The third-order valence-corrected chi connectivity index (χ3v) is 3.85. The highest BCUT2D eigenvalue weighted by Gasteiger charge is 2.45. The van der Waals surface area contributed by atoms with Gasteiger partial charge < -0.3 is 10.1 Å². The quantitative estimate of drug-likeness (QED) is 0.717. The number of hydrogen-bond acceptors (Lipinski definition) is 3. The fraction of sp³-hybridized carbons (Fsp3) is 0.917. The van der Waals surface area contributed by atoms with Gasteiger partial charge in [0.1, 0.15) is 0 Å². The summed E-state index contributed by atoms with van der Waals surface area (Å²) in [6, 6.07) is 0. The minimum Gasteiger partial charge on any atom is -0.465 e. The summed E-state index contributed by atoms with van der Waals surface area (Å²) in [6.45, 7) is 6.61. The molecule has 0 bridgehead atoms. The Morgan fingerprint density at radius 1 is 1.53 bits per heavy atom. The van der Waals surface area contributed by atoms with Gasteiger partial charge in [0.2, 0.25) is 0 Å². The molecule has 3 heteroatoms. The number of rotatable bonds is 4. The monoisotopic (exact) mass is 211 g/mol. The predicted molar refractivity (Wildman–Crippen MR) is 58.4 cm³/mol. The van der Waals surface area contributed by atoms with E-state index >= 15 is 0 Å². The van der Waals surface area contributed by atoms with Crippen molar-refractivity contribution in [2.75, 3.05) is 19.7 Å². The predicted octanol–water partition coefficient (Wildman–Crippen LogP) is 1.58. The molecule has 0 aromatic heterocycles. The van der Waals surface area contributed by atoms with Crippen molar-refractivity contribution in [3.63, 3.8) is 0 Å². The summed E-state index contributed by atoms with van der Waals surface area (Å²) in [5.74, 6) is 1.04. The molecule has 1 unspecified atom stereocenters. The third-order valence-electron chi connectivity index (χ3n) is 3.85. The van der Waals surface area contributed by atoms with E-state index in [1.54, 1.807) is 0 Å². The molecule has 3 nitrogen and oxygen atoms in total. The van der Waals surface area contributed by atoms with Crippen molar-refractivity contribution in [2.24, 2.45) is 17.3 Å². The number of ether oxygens (including phenoxy) is 1. The van der Waals surface area contributed by atoms with E-state index in [-0.39, 0.29) is 11.4 Å². The highest BCUT2D eigenvalue weighted by atomic mass is 16.5. The van der Waals surface area contributed by atoms with Gasteiger partial charge in [0.15, 0.2) is 0 Å². The molecule has 2 aliphatic rings. The summed E-state index contributed by atoms with van der Waals surface area (Å²) in [4.78, 5) is 12.1. The van der Waals surface area contributed by atoms with Gasteiger partial charge in [0, 0.05) is 6.54 Å². The molecule has 0 amide bonds. The van der Waals surface area contributed by atoms with Gasteiger partial charge in [0.05, 0.1) is 12.0 Å². The van der Waals surface area contributed by atoms with Crippen LogP contribution in [0, 0.1) is 17.3 Å². The highest BCUT2D eigenvalue weighted by molar-refractivity contribution is 5.78. The molecule has 1 saturated heterocycles. The van der Waals surface area contributed by atoms with Crippen LogP contribution in [0.25, 0.3) is 0 Å². The second kappa shape index (κ2) is 4.12. The number of nitrogens with one attached hydrogen (secondary N) is 1.